The fourth-order valence-electron chi connectivity index (χ4n) is 3.98. The zero-order chi connectivity index (χ0) is 20.0. The van der Waals surface area contributed by atoms with E-state index in [9.17, 15) is 15.0 Å². The van der Waals surface area contributed by atoms with Crippen LogP contribution in [0.5, 0.6) is 5.75 Å². The van der Waals surface area contributed by atoms with Gasteiger partial charge in [-0.05, 0) is 57.4 Å². The van der Waals surface area contributed by atoms with E-state index in [1.807, 2.05) is 13.0 Å². The Bertz CT molecular complexity index is 1060. The highest BCUT2D eigenvalue weighted by Crippen LogP contribution is 2.42. The molecule has 28 heavy (non-hydrogen) atoms. The van der Waals surface area contributed by atoms with Gasteiger partial charge in [-0.15, -0.1) is 0 Å². The molecule has 0 aliphatic heterocycles. The molecule has 0 amide bonds. The molecule has 1 aliphatic carbocycles. The Morgan fingerprint density at radius 1 is 1.29 bits per heavy atom. The molecule has 8 heteroatoms. The first kappa shape index (κ1) is 18.2. The van der Waals surface area contributed by atoms with Crippen LogP contribution in [-0.4, -0.2) is 37.7 Å². The van der Waals surface area contributed by atoms with Gasteiger partial charge in [-0.25, -0.2) is 4.79 Å². The largest absolute Gasteiger partial charge is 0.507 e. The maximum Gasteiger partial charge on any atom is 0.354 e. The summed E-state index contributed by atoms with van der Waals surface area (Å²) in [5, 5.41) is 28.9. The molecule has 4 N–H and O–H groups in total. The summed E-state index contributed by atoms with van der Waals surface area (Å²) in [5.41, 5.74) is 11.0. The summed E-state index contributed by atoms with van der Waals surface area (Å²) in [7, 11) is 0. The van der Waals surface area contributed by atoms with Crippen molar-refractivity contribution in [1.29, 1.82) is 0 Å². The van der Waals surface area contributed by atoms with Crippen LogP contribution in [0.4, 0.5) is 0 Å². The highest BCUT2D eigenvalue weighted by atomic mass is 16.5. The number of benzene rings is 1. The highest BCUT2D eigenvalue weighted by Gasteiger charge is 2.29. The van der Waals surface area contributed by atoms with Crippen molar-refractivity contribution < 1.29 is 19.5 Å². The van der Waals surface area contributed by atoms with E-state index in [-0.39, 0.29) is 11.4 Å². The summed E-state index contributed by atoms with van der Waals surface area (Å²) >= 11 is 0. The zero-order valence-electron chi connectivity index (χ0n) is 15.8. The lowest BCUT2D eigenvalue weighted by Gasteiger charge is -2.18. The van der Waals surface area contributed by atoms with Crippen LogP contribution in [0.2, 0.25) is 0 Å². The summed E-state index contributed by atoms with van der Waals surface area (Å²) in [4.78, 5) is 11.9. The van der Waals surface area contributed by atoms with Gasteiger partial charge in [0.05, 0.1) is 17.0 Å². The summed E-state index contributed by atoms with van der Waals surface area (Å²) in [6, 6.07) is 3.60. The second-order valence-corrected chi connectivity index (χ2v) is 7.07. The number of nitrogens with zero attached hydrogens (tertiary/aromatic N) is 3. The van der Waals surface area contributed by atoms with Crippen LogP contribution < -0.4 is 5.73 Å². The van der Waals surface area contributed by atoms with Gasteiger partial charge >= 0.3 is 5.97 Å². The van der Waals surface area contributed by atoms with Crippen LogP contribution >= 0.6 is 0 Å². The summed E-state index contributed by atoms with van der Waals surface area (Å²) < 4.78 is 6.79. The molecule has 3 aromatic rings. The van der Waals surface area contributed by atoms with Crippen molar-refractivity contribution in [2.75, 3.05) is 6.54 Å². The number of carboxylic acids is 1. The van der Waals surface area contributed by atoms with Crippen LogP contribution in [-0.2, 0) is 19.4 Å². The van der Waals surface area contributed by atoms with Gasteiger partial charge in [-0.1, -0.05) is 5.16 Å². The van der Waals surface area contributed by atoms with E-state index in [2.05, 4.69) is 10.3 Å². The Labute approximate surface area is 161 Å². The first-order chi connectivity index (χ1) is 13.4. The molecular formula is C20H22N4O4. The van der Waals surface area contributed by atoms with Crippen LogP contribution in [0.3, 0.4) is 0 Å². The molecule has 0 saturated carbocycles. The van der Waals surface area contributed by atoms with Crippen LogP contribution in [0, 0.1) is 13.8 Å². The molecule has 2 aromatic heterocycles. The number of carboxylic acid groups (broad SMARTS) is 1. The van der Waals surface area contributed by atoms with Crippen molar-refractivity contribution in [3.8, 4) is 28.1 Å². The summed E-state index contributed by atoms with van der Waals surface area (Å²) in [5.74, 6) is -0.222. The minimum absolute atomic E-state index is 0.151. The van der Waals surface area contributed by atoms with Gasteiger partial charge < -0.3 is 20.5 Å². The number of phenols is 1. The quantitative estimate of drug-likeness (QED) is 0.619. The Hall–Kier alpha value is -3.13. The normalized spacial score (nSPS) is 12.7. The van der Waals surface area contributed by atoms with Gasteiger partial charge in [0.2, 0.25) is 0 Å². The fourth-order valence-corrected chi connectivity index (χ4v) is 3.98. The highest BCUT2D eigenvalue weighted by molar-refractivity contribution is 5.92. The van der Waals surface area contributed by atoms with Gasteiger partial charge in [-0.2, -0.15) is 5.10 Å². The van der Waals surface area contributed by atoms with E-state index >= 15 is 0 Å². The Balaban J connectivity index is 1.91. The lowest BCUT2D eigenvalue weighted by Crippen LogP contribution is -2.14. The van der Waals surface area contributed by atoms with Gasteiger partial charge in [-0.3, -0.25) is 4.68 Å². The van der Waals surface area contributed by atoms with Crippen molar-refractivity contribution in [1.82, 2.24) is 14.9 Å². The second kappa shape index (κ2) is 6.79. The third-order valence-corrected chi connectivity index (χ3v) is 5.25. The van der Waals surface area contributed by atoms with E-state index in [1.54, 1.807) is 13.0 Å². The number of aromatic hydroxyl groups is 1. The molecule has 0 spiro atoms. The van der Waals surface area contributed by atoms with Crippen molar-refractivity contribution in [3.63, 3.8) is 0 Å². The number of hydrogen-bond donors (Lipinski definition) is 3. The number of nitrogens with two attached hydrogens (primary N) is 1. The number of hydrogen-bond acceptors (Lipinski definition) is 6. The molecule has 4 rings (SSSR count). The molecule has 1 aliphatic rings. The third-order valence-electron chi connectivity index (χ3n) is 5.25. The van der Waals surface area contributed by atoms with Crippen molar-refractivity contribution >= 4 is 5.97 Å². The van der Waals surface area contributed by atoms with E-state index in [0.717, 1.165) is 22.3 Å². The Morgan fingerprint density at radius 2 is 2.07 bits per heavy atom. The van der Waals surface area contributed by atoms with Gasteiger partial charge in [0, 0.05) is 23.2 Å². The molecule has 0 atom stereocenters. The van der Waals surface area contributed by atoms with Gasteiger partial charge in [0.15, 0.2) is 0 Å². The predicted octanol–water partition coefficient (Wildman–Crippen LogP) is 2.67. The minimum Gasteiger partial charge on any atom is -0.507 e. The fraction of sp³-hybridized carbons (Fsp3) is 0.350. The van der Waals surface area contributed by atoms with E-state index in [1.165, 1.54) is 4.68 Å². The molecule has 1 aromatic carbocycles. The Kier molecular flexibility index (Phi) is 4.43. The topological polar surface area (TPSA) is 127 Å². The number of fused-ring (bicyclic) bond motifs is 3. The summed E-state index contributed by atoms with van der Waals surface area (Å²) in [6.07, 6.45) is 1.85. The molecule has 0 unspecified atom stereocenters. The molecule has 0 radical (unpaired) electrons. The molecule has 146 valence electrons. The molecule has 0 fully saturated rings. The lowest BCUT2D eigenvalue weighted by molar-refractivity contribution is 0.0681. The van der Waals surface area contributed by atoms with Gasteiger partial charge in [0.1, 0.15) is 17.2 Å². The average molecular weight is 382 g/mol. The predicted molar refractivity (Wildman–Crippen MR) is 102 cm³/mol. The second-order valence-electron chi connectivity index (χ2n) is 7.07. The number of aromatic nitrogens is 3. The van der Waals surface area contributed by atoms with Crippen molar-refractivity contribution in [2.45, 2.75) is 39.7 Å². The van der Waals surface area contributed by atoms with E-state index in [0.29, 0.717) is 55.1 Å². The number of phenolic OH excluding ortho intramolecular Hbond substituents is 1. The maximum atomic E-state index is 11.9. The monoisotopic (exact) mass is 382 g/mol. The lowest BCUT2D eigenvalue weighted by atomic mass is 9.86. The van der Waals surface area contributed by atoms with Crippen molar-refractivity contribution in [2.24, 2.45) is 5.73 Å². The Morgan fingerprint density at radius 3 is 2.71 bits per heavy atom. The maximum absolute atomic E-state index is 11.9. The number of carbonyl (C=O) groups is 1. The van der Waals surface area contributed by atoms with E-state index < -0.39 is 5.97 Å². The summed E-state index contributed by atoms with van der Waals surface area (Å²) in [6.45, 7) is 4.53. The van der Waals surface area contributed by atoms with E-state index in [4.69, 9.17) is 10.3 Å². The first-order valence-electron chi connectivity index (χ1n) is 9.25. The first-order valence-corrected chi connectivity index (χ1v) is 9.25. The van der Waals surface area contributed by atoms with Crippen molar-refractivity contribution in [3.05, 3.63) is 40.4 Å². The van der Waals surface area contributed by atoms with Crippen LogP contribution in [0.25, 0.3) is 22.4 Å². The molecule has 0 bridgehead atoms. The molecule has 0 saturated heterocycles. The number of aryl methyl sites for hydroxylation is 4. The minimum atomic E-state index is -0.987. The molecular weight excluding hydrogens is 360 g/mol. The average Bonchev–Trinajstić information content (AvgIpc) is 3.19. The molecule has 8 nitrogen and oxygen atoms in total. The standard InChI is InChI=1S/C20H22N4O4/c1-10-17(11(2)28-23-10)15-9-14-12(8-16(15)25)4-5-13-18(14)22-24(7-3-6-21)19(13)20(26)27/h8-9,25H,3-7,21H2,1-2H3,(H,26,27). The SMILES string of the molecule is Cc1noc(C)c1-c1cc2c(cc1O)CCc1c-2nn(CCCN)c1C(=O)O. The van der Waals surface area contributed by atoms with Crippen LogP contribution in [0.15, 0.2) is 16.7 Å². The third kappa shape index (κ3) is 2.77. The number of aromatic carboxylic acids is 1. The molecule has 2 heterocycles. The number of rotatable bonds is 5. The van der Waals surface area contributed by atoms with Gasteiger partial charge in [0.25, 0.3) is 0 Å². The smallest absolute Gasteiger partial charge is 0.354 e. The van der Waals surface area contributed by atoms with Crippen LogP contribution in [0.1, 0.15) is 39.5 Å². The zero-order valence-corrected chi connectivity index (χ0v) is 15.8.